The van der Waals surface area contributed by atoms with Crippen LogP contribution in [0.1, 0.15) is 16.8 Å². The zero-order valence-electron chi connectivity index (χ0n) is 7.93. The van der Waals surface area contributed by atoms with Gasteiger partial charge in [-0.25, -0.2) is 4.79 Å². The van der Waals surface area contributed by atoms with Crippen LogP contribution < -0.4 is 5.32 Å². The summed E-state index contributed by atoms with van der Waals surface area (Å²) < 4.78 is 0. The summed E-state index contributed by atoms with van der Waals surface area (Å²) in [7, 11) is 0. The number of benzene rings is 1. The molecule has 0 fully saturated rings. The van der Waals surface area contributed by atoms with Crippen molar-refractivity contribution >= 4 is 30.2 Å². The van der Waals surface area contributed by atoms with Gasteiger partial charge in [0, 0.05) is 12.1 Å². The van der Waals surface area contributed by atoms with Crippen LogP contribution in [0.5, 0.6) is 0 Å². The Hall–Kier alpha value is -1.49. The number of carboxylic acid groups (broad SMARTS) is 1. The Morgan fingerprint density at radius 2 is 2.13 bits per heavy atom. The molecule has 0 radical (unpaired) electrons. The van der Waals surface area contributed by atoms with Gasteiger partial charge in [-0.3, -0.25) is 4.79 Å². The van der Waals surface area contributed by atoms with Gasteiger partial charge < -0.3 is 10.4 Å². The van der Waals surface area contributed by atoms with Gasteiger partial charge in [0.15, 0.2) is 0 Å². The zero-order chi connectivity index (χ0) is 11.3. The van der Waals surface area contributed by atoms with E-state index < -0.39 is 5.97 Å². The predicted octanol–water partition coefficient (Wildman–Crippen LogP) is 1.64. The van der Waals surface area contributed by atoms with Crippen LogP contribution >= 0.6 is 12.6 Å². The third-order valence-corrected chi connectivity index (χ3v) is 1.96. The van der Waals surface area contributed by atoms with Crippen LogP contribution in [0.4, 0.5) is 5.69 Å². The van der Waals surface area contributed by atoms with Crippen molar-refractivity contribution < 1.29 is 14.7 Å². The number of anilines is 1. The van der Waals surface area contributed by atoms with Gasteiger partial charge in [0.2, 0.25) is 5.91 Å². The number of rotatable bonds is 4. The van der Waals surface area contributed by atoms with Gasteiger partial charge >= 0.3 is 5.97 Å². The summed E-state index contributed by atoms with van der Waals surface area (Å²) in [5.74, 6) is -0.724. The molecule has 1 aromatic rings. The highest BCUT2D eigenvalue weighted by molar-refractivity contribution is 7.80. The molecule has 1 amide bonds. The summed E-state index contributed by atoms with van der Waals surface area (Å²) in [6, 6.07) is 6.11. The van der Waals surface area contributed by atoms with E-state index >= 15 is 0 Å². The summed E-state index contributed by atoms with van der Waals surface area (Å²) in [5.41, 5.74) is 0.639. The molecule has 0 bridgehead atoms. The number of hydrogen-bond donors (Lipinski definition) is 3. The summed E-state index contributed by atoms with van der Waals surface area (Å²) in [6.45, 7) is 0. The Kier molecular flexibility index (Phi) is 4.17. The molecule has 0 unspecified atom stereocenters. The van der Waals surface area contributed by atoms with Crippen LogP contribution in [0.25, 0.3) is 0 Å². The molecule has 4 nitrogen and oxygen atoms in total. The van der Waals surface area contributed by atoms with Crippen LogP contribution in [-0.2, 0) is 4.79 Å². The minimum absolute atomic E-state index is 0.152. The van der Waals surface area contributed by atoms with Gasteiger partial charge in [-0.1, -0.05) is 6.07 Å². The molecule has 1 aromatic carbocycles. The van der Waals surface area contributed by atoms with Crippen LogP contribution in [0.2, 0.25) is 0 Å². The third kappa shape index (κ3) is 3.63. The second-order valence-corrected chi connectivity index (χ2v) is 3.35. The molecule has 80 valence electrons. The Balaban J connectivity index is 2.73. The maximum absolute atomic E-state index is 11.2. The molecule has 0 heterocycles. The van der Waals surface area contributed by atoms with Crippen molar-refractivity contribution in [1.29, 1.82) is 0 Å². The maximum Gasteiger partial charge on any atom is 0.335 e. The van der Waals surface area contributed by atoms with E-state index in [0.717, 1.165) is 0 Å². The summed E-state index contributed by atoms with van der Waals surface area (Å²) in [4.78, 5) is 21.8. The molecule has 0 aromatic heterocycles. The largest absolute Gasteiger partial charge is 0.478 e. The Morgan fingerprint density at radius 3 is 2.73 bits per heavy atom. The van der Waals surface area contributed by atoms with Gasteiger partial charge in [0.1, 0.15) is 0 Å². The lowest BCUT2D eigenvalue weighted by molar-refractivity contribution is -0.115. The molecule has 0 saturated carbocycles. The van der Waals surface area contributed by atoms with E-state index in [9.17, 15) is 9.59 Å². The molecule has 5 heteroatoms. The number of aromatic carboxylic acids is 1. The van der Waals surface area contributed by atoms with E-state index in [4.69, 9.17) is 5.11 Å². The SMILES string of the molecule is O=C(CCS)Nc1cccc(C(=O)O)c1. The van der Waals surface area contributed by atoms with E-state index in [1.165, 1.54) is 12.1 Å². The molecule has 2 N–H and O–H groups in total. The highest BCUT2D eigenvalue weighted by Crippen LogP contribution is 2.10. The quantitative estimate of drug-likeness (QED) is 0.682. The maximum atomic E-state index is 11.2. The average molecular weight is 225 g/mol. The fraction of sp³-hybridized carbons (Fsp3) is 0.200. The Morgan fingerprint density at radius 1 is 1.40 bits per heavy atom. The molecule has 0 spiro atoms. The fourth-order valence-corrected chi connectivity index (χ4v) is 1.26. The molecule has 0 aliphatic heterocycles. The van der Waals surface area contributed by atoms with E-state index in [2.05, 4.69) is 17.9 Å². The number of amides is 1. The second kappa shape index (κ2) is 5.41. The van der Waals surface area contributed by atoms with Crippen molar-refractivity contribution in [2.24, 2.45) is 0 Å². The topological polar surface area (TPSA) is 66.4 Å². The van der Waals surface area contributed by atoms with E-state index in [1.807, 2.05) is 0 Å². The molecule has 0 atom stereocenters. The van der Waals surface area contributed by atoms with Crippen molar-refractivity contribution in [2.45, 2.75) is 6.42 Å². The van der Waals surface area contributed by atoms with Crippen LogP contribution in [0.3, 0.4) is 0 Å². The Bertz CT molecular complexity index is 379. The number of hydrogen-bond acceptors (Lipinski definition) is 3. The van der Waals surface area contributed by atoms with Gasteiger partial charge in [-0.05, 0) is 24.0 Å². The lowest BCUT2D eigenvalue weighted by atomic mass is 10.2. The number of thiol groups is 1. The molecule has 0 aliphatic carbocycles. The van der Waals surface area contributed by atoms with Crippen LogP contribution in [0.15, 0.2) is 24.3 Å². The van der Waals surface area contributed by atoms with E-state index in [1.54, 1.807) is 12.1 Å². The zero-order valence-corrected chi connectivity index (χ0v) is 8.83. The molecule has 15 heavy (non-hydrogen) atoms. The first kappa shape index (κ1) is 11.6. The normalized spacial score (nSPS) is 9.67. The van der Waals surface area contributed by atoms with E-state index in [0.29, 0.717) is 17.9 Å². The standard InChI is InChI=1S/C10H11NO3S/c12-9(4-5-15)11-8-3-1-2-7(6-8)10(13)14/h1-3,6,15H,4-5H2,(H,11,12)(H,13,14). The first-order chi connectivity index (χ1) is 7.13. The lowest BCUT2D eigenvalue weighted by Gasteiger charge is -2.04. The molecule has 0 aliphatic rings. The second-order valence-electron chi connectivity index (χ2n) is 2.91. The number of carbonyl (C=O) groups excluding carboxylic acids is 1. The summed E-state index contributed by atoms with van der Waals surface area (Å²) in [5, 5.41) is 11.3. The molecule has 0 saturated heterocycles. The van der Waals surface area contributed by atoms with Crippen molar-refractivity contribution in [3.8, 4) is 0 Å². The minimum atomic E-state index is -1.01. The van der Waals surface area contributed by atoms with Crippen molar-refractivity contribution in [3.63, 3.8) is 0 Å². The summed E-state index contributed by atoms with van der Waals surface area (Å²) >= 11 is 3.92. The monoisotopic (exact) mass is 225 g/mol. The number of carboxylic acids is 1. The third-order valence-electron chi connectivity index (χ3n) is 1.73. The lowest BCUT2D eigenvalue weighted by Crippen LogP contribution is -2.12. The predicted molar refractivity (Wildman–Crippen MR) is 60.5 cm³/mol. The van der Waals surface area contributed by atoms with Gasteiger partial charge in [-0.2, -0.15) is 12.6 Å². The smallest absolute Gasteiger partial charge is 0.335 e. The molecular formula is C10H11NO3S. The highest BCUT2D eigenvalue weighted by Gasteiger charge is 2.05. The van der Waals surface area contributed by atoms with Crippen LogP contribution in [0, 0.1) is 0 Å². The number of nitrogens with one attached hydrogen (secondary N) is 1. The number of carbonyl (C=O) groups is 2. The van der Waals surface area contributed by atoms with Gasteiger partial charge in [0.05, 0.1) is 5.56 Å². The van der Waals surface area contributed by atoms with Crippen molar-refractivity contribution in [1.82, 2.24) is 0 Å². The first-order valence-corrected chi connectivity index (χ1v) is 5.01. The van der Waals surface area contributed by atoms with Crippen molar-refractivity contribution in [2.75, 3.05) is 11.1 Å². The molecule has 1 rings (SSSR count). The van der Waals surface area contributed by atoms with Crippen molar-refractivity contribution in [3.05, 3.63) is 29.8 Å². The Labute approximate surface area is 92.7 Å². The summed E-state index contributed by atoms with van der Waals surface area (Å²) in [6.07, 6.45) is 0.306. The molecular weight excluding hydrogens is 214 g/mol. The average Bonchev–Trinajstić information content (AvgIpc) is 2.18. The van der Waals surface area contributed by atoms with Crippen LogP contribution in [-0.4, -0.2) is 22.7 Å². The minimum Gasteiger partial charge on any atom is -0.478 e. The highest BCUT2D eigenvalue weighted by atomic mass is 32.1. The van der Waals surface area contributed by atoms with Gasteiger partial charge in [-0.15, -0.1) is 0 Å². The first-order valence-electron chi connectivity index (χ1n) is 4.37. The fourth-order valence-electron chi connectivity index (χ4n) is 1.06. The van der Waals surface area contributed by atoms with E-state index in [-0.39, 0.29) is 11.5 Å². The van der Waals surface area contributed by atoms with Gasteiger partial charge in [0.25, 0.3) is 0 Å².